The summed E-state index contributed by atoms with van der Waals surface area (Å²) < 4.78 is 0. The van der Waals surface area contributed by atoms with Gasteiger partial charge in [-0.3, -0.25) is 5.41 Å². The molecule has 3 heteroatoms. The van der Waals surface area contributed by atoms with E-state index in [1.807, 2.05) is 24.3 Å². The topological polar surface area (TPSA) is 49.9 Å². The van der Waals surface area contributed by atoms with Gasteiger partial charge in [0.1, 0.15) is 5.84 Å². The van der Waals surface area contributed by atoms with E-state index in [0.29, 0.717) is 0 Å². The molecule has 19 heavy (non-hydrogen) atoms. The lowest BCUT2D eigenvalue weighted by Gasteiger charge is -2.10. The van der Waals surface area contributed by atoms with Gasteiger partial charge in [0, 0.05) is 16.2 Å². The summed E-state index contributed by atoms with van der Waals surface area (Å²) in [5.74, 6) is 0.970. The molecule has 0 radical (unpaired) electrons. The van der Waals surface area contributed by atoms with Crippen molar-refractivity contribution in [1.29, 1.82) is 5.41 Å². The molecule has 0 unspecified atom stereocenters. The molecule has 0 bridgehead atoms. The summed E-state index contributed by atoms with van der Waals surface area (Å²) in [7, 11) is 0. The Labute approximate surface area is 118 Å². The first-order valence-corrected chi connectivity index (χ1v) is 7.19. The number of benzene rings is 2. The standard InChI is InChI=1S/C16H18N2S/c1-11-7-8-12(2)15(9-11)19-10-13-5-3-4-6-14(13)16(17)18/h3-9H,10H2,1-2H3,(H3,17,18). The lowest BCUT2D eigenvalue weighted by atomic mass is 10.1. The van der Waals surface area contributed by atoms with Crippen LogP contribution in [-0.4, -0.2) is 5.84 Å². The molecule has 2 aromatic carbocycles. The molecule has 0 saturated heterocycles. The van der Waals surface area contributed by atoms with E-state index in [-0.39, 0.29) is 5.84 Å². The van der Waals surface area contributed by atoms with E-state index in [4.69, 9.17) is 11.1 Å². The predicted octanol–water partition coefficient (Wildman–Crippen LogP) is 3.88. The van der Waals surface area contributed by atoms with Crippen molar-refractivity contribution in [2.45, 2.75) is 24.5 Å². The Balaban J connectivity index is 2.19. The van der Waals surface area contributed by atoms with Gasteiger partial charge in [0.2, 0.25) is 0 Å². The summed E-state index contributed by atoms with van der Waals surface area (Å²) in [5.41, 5.74) is 10.1. The number of nitrogens with one attached hydrogen (secondary N) is 1. The monoisotopic (exact) mass is 270 g/mol. The van der Waals surface area contributed by atoms with Crippen LogP contribution in [-0.2, 0) is 5.75 Å². The Morgan fingerprint density at radius 3 is 2.63 bits per heavy atom. The molecular formula is C16H18N2S. The Bertz CT molecular complexity index is 605. The molecule has 0 spiro atoms. The van der Waals surface area contributed by atoms with Crippen molar-refractivity contribution in [3.8, 4) is 0 Å². The Morgan fingerprint density at radius 1 is 1.16 bits per heavy atom. The van der Waals surface area contributed by atoms with Crippen LogP contribution in [0.25, 0.3) is 0 Å². The van der Waals surface area contributed by atoms with Crippen LogP contribution in [0.5, 0.6) is 0 Å². The fraction of sp³-hybridized carbons (Fsp3) is 0.188. The van der Waals surface area contributed by atoms with Crippen molar-refractivity contribution >= 4 is 17.6 Å². The molecular weight excluding hydrogens is 252 g/mol. The van der Waals surface area contributed by atoms with E-state index in [1.54, 1.807) is 11.8 Å². The van der Waals surface area contributed by atoms with Crippen LogP contribution in [0.1, 0.15) is 22.3 Å². The van der Waals surface area contributed by atoms with Crippen LogP contribution in [0, 0.1) is 19.3 Å². The summed E-state index contributed by atoms with van der Waals surface area (Å²) in [6.45, 7) is 4.23. The summed E-state index contributed by atoms with van der Waals surface area (Å²) in [4.78, 5) is 1.29. The van der Waals surface area contributed by atoms with Crippen molar-refractivity contribution in [1.82, 2.24) is 0 Å². The molecule has 98 valence electrons. The van der Waals surface area contributed by atoms with Crippen LogP contribution in [0.3, 0.4) is 0 Å². The van der Waals surface area contributed by atoms with Crippen LogP contribution < -0.4 is 5.73 Å². The summed E-state index contributed by atoms with van der Waals surface area (Å²) in [5, 5.41) is 7.60. The third-order valence-electron chi connectivity index (χ3n) is 3.03. The average Bonchev–Trinajstić information content (AvgIpc) is 2.40. The van der Waals surface area contributed by atoms with Crippen LogP contribution in [0.15, 0.2) is 47.4 Å². The van der Waals surface area contributed by atoms with E-state index in [2.05, 4.69) is 32.0 Å². The SMILES string of the molecule is Cc1ccc(C)c(SCc2ccccc2C(=N)N)c1. The number of hydrogen-bond acceptors (Lipinski definition) is 2. The third kappa shape index (κ3) is 3.38. The van der Waals surface area contributed by atoms with E-state index < -0.39 is 0 Å². The van der Waals surface area contributed by atoms with Crippen molar-refractivity contribution in [2.24, 2.45) is 5.73 Å². The number of aryl methyl sites for hydroxylation is 2. The lowest BCUT2D eigenvalue weighted by molar-refractivity contribution is 1.25. The first-order chi connectivity index (χ1) is 9.08. The van der Waals surface area contributed by atoms with Gasteiger partial charge in [-0.05, 0) is 31.0 Å². The maximum Gasteiger partial charge on any atom is 0.123 e. The predicted molar refractivity (Wildman–Crippen MR) is 82.9 cm³/mol. The molecule has 0 aromatic heterocycles. The first-order valence-electron chi connectivity index (χ1n) is 6.20. The number of rotatable bonds is 4. The van der Waals surface area contributed by atoms with Gasteiger partial charge < -0.3 is 5.73 Å². The highest BCUT2D eigenvalue weighted by Crippen LogP contribution is 2.28. The zero-order chi connectivity index (χ0) is 13.8. The fourth-order valence-corrected chi connectivity index (χ4v) is 3.05. The molecule has 0 saturated carbocycles. The Hall–Kier alpha value is -1.74. The normalized spacial score (nSPS) is 10.4. The summed E-state index contributed by atoms with van der Waals surface area (Å²) in [6, 6.07) is 14.3. The lowest BCUT2D eigenvalue weighted by Crippen LogP contribution is -2.13. The maximum absolute atomic E-state index is 7.60. The van der Waals surface area contributed by atoms with Gasteiger partial charge in [0.25, 0.3) is 0 Å². The van der Waals surface area contributed by atoms with Gasteiger partial charge in [0.05, 0.1) is 0 Å². The molecule has 0 fully saturated rings. The smallest absolute Gasteiger partial charge is 0.123 e. The second kappa shape index (κ2) is 5.93. The van der Waals surface area contributed by atoms with Crippen LogP contribution in [0.2, 0.25) is 0 Å². The minimum atomic E-state index is 0.136. The molecule has 0 amide bonds. The van der Waals surface area contributed by atoms with Crippen molar-refractivity contribution < 1.29 is 0 Å². The molecule has 0 aliphatic carbocycles. The number of amidine groups is 1. The molecule has 2 nitrogen and oxygen atoms in total. The zero-order valence-corrected chi connectivity index (χ0v) is 12.1. The fourth-order valence-electron chi connectivity index (χ4n) is 1.93. The molecule has 0 atom stereocenters. The second-order valence-electron chi connectivity index (χ2n) is 4.63. The second-order valence-corrected chi connectivity index (χ2v) is 5.65. The number of nitrogens with two attached hydrogens (primary N) is 1. The van der Waals surface area contributed by atoms with E-state index in [1.165, 1.54) is 16.0 Å². The van der Waals surface area contributed by atoms with E-state index in [9.17, 15) is 0 Å². The largest absolute Gasteiger partial charge is 0.384 e. The zero-order valence-electron chi connectivity index (χ0n) is 11.2. The summed E-state index contributed by atoms with van der Waals surface area (Å²) in [6.07, 6.45) is 0. The van der Waals surface area contributed by atoms with E-state index >= 15 is 0 Å². The van der Waals surface area contributed by atoms with Gasteiger partial charge in [-0.25, -0.2) is 0 Å². The number of hydrogen-bond donors (Lipinski definition) is 2. The average molecular weight is 270 g/mol. The molecule has 0 aliphatic heterocycles. The minimum Gasteiger partial charge on any atom is -0.384 e. The number of nitrogen functional groups attached to an aromatic ring is 1. The van der Waals surface area contributed by atoms with Gasteiger partial charge in [-0.15, -0.1) is 11.8 Å². The van der Waals surface area contributed by atoms with Gasteiger partial charge in [0.15, 0.2) is 0 Å². The Kier molecular flexibility index (Phi) is 4.27. The maximum atomic E-state index is 7.60. The molecule has 2 rings (SSSR count). The van der Waals surface area contributed by atoms with E-state index in [0.717, 1.165) is 16.9 Å². The van der Waals surface area contributed by atoms with Crippen LogP contribution >= 0.6 is 11.8 Å². The molecule has 3 N–H and O–H groups in total. The Morgan fingerprint density at radius 2 is 1.89 bits per heavy atom. The molecule has 0 heterocycles. The van der Waals surface area contributed by atoms with Gasteiger partial charge in [-0.2, -0.15) is 0 Å². The molecule has 0 aliphatic rings. The first kappa shape index (κ1) is 13.7. The highest BCUT2D eigenvalue weighted by molar-refractivity contribution is 7.98. The summed E-state index contributed by atoms with van der Waals surface area (Å²) >= 11 is 1.79. The highest BCUT2D eigenvalue weighted by atomic mass is 32.2. The minimum absolute atomic E-state index is 0.136. The molecule has 2 aromatic rings. The van der Waals surface area contributed by atoms with Crippen molar-refractivity contribution in [3.63, 3.8) is 0 Å². The highest BCUT2D eigenvalue weighted by Gasteiger charge is 2.06. The van der Waals surface area contributed by atoms with Crippen LogP contribution in [0.4, 0.5) is 0 Å². The quantitative estimate of drug-likeness (QED) is 0.503. The van der Waals surface area contributed by atoms with Gasteiger partial charge in [-0.1, -0.05) is 42.0 Å². The van der Waals surface area contributed by atoms with Crippen molar-refractivity contribution in [3.05, 3.63) is 64.7 Å². The van der Waals surface area contributed by atoms with Gasteiger partial charge >= 0.3 is 0 Å². The van der Waals surface area contributed by atoms with Crippen molar-refractivity contribution in [2.75, 3.05) is 0 Å². The number of thioether (sulfide) groups is 1. The third-order valence-corrected chi connectivity index (χ3v) is 4.24.